The molecule has 0 aromatic heterocycles. The Morgan fingerprint density at radius 1 is 1.21 bits per heavy atom. The van der Waals surface area contributed by atoms with Gasteiger partial charge in [-0.3, -0.25) is 4.79 Å². The predicted molar refractivity (Wildman–Crippen MR) is 57.1 cm³/mol. The fraction of sp³-hybridized carbons (Fsp3) is 0.154. The van der Waals surface area contributed by atoms with E-state index in [2.05, 4.69) is 18.2 Å². The molecule has 0 radical (unpaired) electrons. The smallest absolute Gasteiger partial charge is 0.149 e. The van der Waals surface area contributed by atoms with Gasteiger partial charge in [0.05, 0.1) is 0 Å². The predicted octanol–water partition coefficient (Wildman–Crippen LogP) is 2.86. The van der Waals surface area contributed by atoms with Crippen molar-refractivity contribution in [2.24, 2.45) is 0 Å². The van der Waals surface area contributed by atoms with Crippen LogP contribution in [-0.4, -0.2) is 6.29 Å². The van der Waals surface area contributed by atoms with Crippen LogP contribution in [0.25, 0.3) is 0 Å². The fourth-order valence-corrected chi connectivity index (χ4v) is 1.67. The van der Waals surface area contributed by atoms with Crippen LogP contribution < -0.4 is 0 Å². The van der Waals surface area contributed by atoms with Crippen molar-refractivity contribution in [2.75, 3.05) is 0 Å². The van der Waals surface area contributed by atoms with Gasteiger partial charge in [0.25, 0.3) is 0 Å². The highest BCUT2D eigenvalue weighted by Gasteiger charge is 2.09. The van der Waals surface area contributed by atoms with Crippen LogP contribution in [0.5, 0.6) is 0 Å². The van der Waals surface area contributed by atoms with Crippen LogP contribution in [0, 0.1) is 0 Å². The Hall–Kier alpha value is -1.63. The molecule has 1 heteroatoms. The maximum Gasteiger partial charge on any atom is 0.149 e. The molecule has 0 fully saturated rings. The van der Waals surface area contributed by atoms with Gasteiger partial charge in [0.1, 0.15) is 6.29 Å². The zero-order chi connectivity index (χ0) is 9.80. The lowest BCUT2D eigenvalue weighted by molar-refractivity contribution is -0.104. The zero-order valence-corrected chi connectivity index (χ0v) is 7.89. The minimum Gasteiger partial charge on any atom is -0.298 e. The molecule has 1 aromatic rings. The average molecular weight is 184 g/mol. The molecular formula is C13H12O. The Morgan fingerprint density at radius 3 is 2.57 bits per heavy atom. The highest BCUT2D eigenvalue weighted by Crippen LogP contribution is 2.25. The summed E-state index contributed by atoms with van der Waals surface area (Å²) in [7, 11) is 0. The summed E-state index contributed by atoms with van der Waals surface area (Å²) in [5, 5.41) is 0. The van der Waals surface area contributed by atoms with Crippen molar-refractivity contribution in [3.05, 3.63) is 59.7 Å². The molecule has 1 aliphatic carbocycles. The Kier molecular flexibility index (Phi) is 2.59. The summed E-state index contributed by atoms with van der Waals surface area (Å²) in [6.07, 6.45) is 7.81. The van der Waals surface area contributed by atoms with Crippen LogP contribution in [0.3, 0.4) is 0 Å². The molecule has 0 aliphatic heterocycles. The molecule has 1 atom stereocenters. The van der Waals surface area contributed by atoms with Crippen molar-refractivity contribution in [2.45, 2.75) is 12.3 Å². The standard InChI is InChI=1S/C13H12O/c14-10-11-6-8-13(9-7-11)12-4-2-1-3-5-12/h1-8,10,13H,9H2. The van der Waals surface area contributed by atoms with Crippen molar-refractivity contribution >= 4 is 6.29 Å². The van der Waals surface area contributed by atoms with E-state index in [1.807, 2.05) is 30.4 Å². The Bertz CT molecular complexity index is 373. The van der Waals surface area contributed by atoms with E-state index in [0.29, 0.717) is 5.92 Å². The van der Waals surface area contributed by atoms with Gasteiger partial charge < -0.3 is 0 Å². The third-order valence-corrected chi connectivity index (χ3v) is 2.49. The zero-order valence-electron chi connectivity index (χ0n) is 7.89. The molecule has 0 N–H and O–H groups in total. The van der Waals surface area contributed by atoms with Crippen molar-refractivity contribution in [3.63, 3.8) is 0 Å². The fourth-order valence-electron chi connectivity index (χ4n) is 1.67. The molecule has 0 bridgehead atoms. The van der Waals surface area contributed by atoms with Gasteiger partial charge in [0.2, 0.25) is 0 Å². The Labute approximate surface area is 83.8 Å². The molecule has 0 saturated carbocycles. The molecule has 70 valence electrons. The monoisotopic (exact) mass is 184 g/mol. The number of rotatable bonds is 2. The number of benzene rings is 1. The van der Waals surface area contributed by atoms with Gasteiger partial charge in [0, 0.05) is 11.5 Å². The van der Waals surface area contributed by atoms with Gasteiger partial charge in [-0.1, -0.05) is 48.6 Å². The van der Waals surface area contributed by atoms with Gasteiger partial charge in [-0.25, -0.2) is 0 Å². The van der Waals surface area contributed by atoms with E-state index < -0.39 is 0 Å². The first-order chi connectivity index (χ1) is 6.90. The van der Waals surface area contributed by atoms with E-state index >= 15 is 0 Å². The highest BCUT2D eigenvalue weighted by molar-refractivity contribution is 5.78. The average Bonchev–Trinajstić information content (AvgIpc) is 2.30. The van der Waals surface area contributed by atoms with Crippen LogP contribution in [0.15, 0.2) is 54.1 Å². The lowest BCUT2D eigenvalue weighted by Crippen LogP contribution is -1.98. The number of hydrogen-bond acceptors (Lipinski definition) is 1. The lowest BCUT2D eigenvalue weighted by Gasteiger charge is -2.14. The maximum atomic E-state index is 10.5. The third-order valence-electron chi connectivity index (χ3n) is 2.49. The van der Waals surface area contributed by atoms with Gasteiger partial charge in [-0.2, -0.15) is 0 Å². The van der Waals surface area contributed by atoms with Gasteiger partial charge in [-0.05, 0) is 12.0 Å². The number of aldehydes is 1. The SMILES string of the molecule is O=CC1=CCC(c2ccccc2)C=C1. The first-order valence-electron chi connectivity index (χ1n) is 4.78. The maximum absolute atomic E-state index is 10.5. The summed E-state index contributed by atoms with van der Waals surface area (Å²) in [6.45, 7) is 0. The molecule has 1 unspecified atom stereocenters. The van der Waals surface area contributed by atoms with Crippen molar-refractivity contribution in [3.8, 4) is 0 Å². The normalized spacial score (nSPS) is 20.3. The number of hydrogen-bond donors (Lipinski definition) is 0. The topological polar surface area (TPSA) is 17.1 Å². The minimum absolute atomic E-state index is 0.430. The van der Waals surface area contributed by atoms with E-state index in [-0.39, 0.29) is 0 Å². The van der Waals surface area contributed by atoms with Crippen molar-refractivity contribution in [1.29, 1.82) is 0 Å². The molecule has 1 nitrogen and oxygen atoms in total. The number of carbonyl (C=O) groups excluding carboxylic acids is 1. The van der Waals surface area contributed by atoms with Crippen molar-refractivity contribution in [1.82, 2.24) is 0 Å². The summed E-state index contributed by atoms with van der Waals surface area (Å²) in [4.78, 5) is 10.5. The second-order valence-corrected chi connectivity index (χ2v) is 3.43. The third kappa shape index (κ3) is 1.82. The van der Waals surface area contributed by atoms with Gasteiger partial charge >= 0.3 is 0 Å². The number of carbonyl (C=O) groups is 1. The molecule has 14 heavy (non-hydrogen) atoms. The van der Waals surface area contributed by atoms with E-state index in [1.54, 1.807) is 0 Å². The first kappa shape index (κ1) is 8.95. The quantitative estimate of drug-likeness (QED) is 0.646. The van der Waals surface area contributed by atoms with Crippen LogP contribution in [0.4, 0.5) is 0 Å². The molecule has 1 aromatic carbocycles. The van der Waals surface area contributed by atoms with Crippen molar-refractivity contribution < 1.29 is 4.79 Å². The summed E-state index contributed by atoms with van der Waals surface area (Å²) < 4.78 is 0. The summed E-state index contributed by atoms with van der Waals surface area (Å²) in [5.41, 5.74) is 2.10. The van der Waals surface area contributed by atoms with Crippen LogP contribution >= 0.6 is 0 Å². The van der Waals surface area contributed by atoms with Crippen LogP contribution in [-0.2, 0) is 4.79 Å². The summed E-state index contributed by atoms with van der Waals surface area (Å²) in [5.74, 6) is 0.430. The first-order valence-corrected chi connectivity index (χ1v) is 4.78. The molecule has 0 saturated heterocycles. The number of allylic oxidation sites excluding steroid dienone is 4. The van der Waals surface area contributed by atoms with E-state index in [0.717, 1.165) is 18.3 Å². The summed E-state index contributed by atoms with van der Waals surface area (Å²) >= 11 is 0. The molecule has 0 spiro atoms. The van der Waals surface area contributed by atoms with Crippen LogP contribution in [0.2, 0.25) is 0 Å². The molecule has 1 aliphatic rings. The van der Waals surface area contributed by atoms with Gasteiger partial charge in [0.15, 0.2) is 0 Å². The molecule has 0 amide bonds. The highest BCUT2D eigenvalue weighted by atomic mass is 16.1. The molecule has 0 heterocycles. The molecule has 2 rings (SSSR count). The largest absolute Gasteiger partial charge is 0.298 e. The second kappa shape index (κ2) is 4.05. The second-order valence-electron chi connectivity index (χ2n) is 3.43. The van der Waals surface area contributed by atoms with Crippen LogP contribution in [0.1, 0.15) is 17.9 Å². The Balaban J connectivity index is 2.15. The summed E-state index contributed by atoms with van der Waals surface area (Å²) in [6, 6.07) is 10.3. The Morgan fingerprint density at radius 2 is 2.00 bits per heavy atom. The van der Waals surface area contributed by atoms with E-state index in [9.17, 15) is 4.79 Å². The van der Waals surface area contributed by atoms with E-state index in [1.165, 1.54) is 5.56 Å². The minimum atomic E-state index is 0.430. The lowest BCUT2D eigenvalue weighted by atomic mass is 9.90. The van der Waals surface area contributed by atoms with Gasteiger partial charge in [-0.15, -0.1) is 0 Å². The molecular weight excluding hydrogens is 172 g/mol. The van der Waals surface area contributed by atoms with E-state index in [4.69, 9.17) is 0 Å².